The van der Waals surface area contributed by atoms with Gasteiger partial charge in [-0.1, -0.05) is 60.7 Å². The maximum Gasteiger partial charge on any atom is 0.408 e. The predicted molar refractivity (Wildman–Crippen MR) is 134 cm³/mol. The third-order valence-corrected chi connectivity index (χ3v) is 5.70. The van der Waals surface area contributed by atoms with Crippen molar-refractivity contribution in [3.63, 3.8) is 0 Å². The van der Waals surface area contributed by atoms with Crippen molar-refractivity contribution in [3.05, 3.63) is 95.8 Å². The summed E-state index contributed by atoms with van der Waals surface area (Å²) in [6.07, 6.45) is 4.36. The molecule has 1 N–H and O–H groups in total. The van der Waals surface area contributed by atoms with Gasteiger partial charge in [-0.15, -0.1) is 0 Å². The first kappa shape index (κ1) is 23.6. The molecular weight excluding hydrogens is 426 g/mol. The quantitative estimate of drug-likeness (QED) is 0.493. The maximum absolute atomic E-state index is 12.7. The number of carbonyl (C=O) groups is 1. The van der Waals surface area contributed by atoms with Gasteiger partial charge in [-0.25, -0.2) is 9.79 Å². The van der Waals surface area contributed by atoms with Gasteiger partial charge in [-0.3, -0.25) is 4.98 Å². The highest BCUT2D eigenvalue weighted by molar-refractivity contribution is 6.13. The molecule has 1 aliphatic heterocycles. The number of alkyl carbamates (subject to hydrolysis) is 1. The van der Waals surface area contributed by atoms with Crippen molar-refractivity contribution in [1.29, 1.82) is 0 Å². The van der Waals surface area contributed by atoms with E-state index >= 15 is 0 Å². The van der Waals surface area contributed by atoms with Crippen LogP contribution in [0.2, 0.25) is 0 Å². The van der Waals surface area contributed by atoms with E-state index in [2.05, 4.69) is 10.3 Å². The van der Waals surface area contributed by atoms with Crippen LogP contribution in [0, 0.1) is 0 Å². The molecule has 0 spiro atoms. The van der Waals surface area contributed by atoms with Gasteiger partial charge in [0.15, 0.2) is 0 Å². The Kier molecular flexibility index (Phi) is 7.08. The maximum atomic E-state index is 12.7. The zero-order valence-electron chi connectivity index (χ0n) is 20.0. The number of pyridine rings is 1. The molecule has 1 amide bonds. The summed E-state index contributed by atoms with van der Waals surface area (Å²) in [5, 5.41) is 3.12. The first-order valence-corrected chi connectivity index (χ1v) is 11.6. The lowest BCUT2D eigenvalue weighted by molar-refractivity contribution is 0.0156. The number of benzene rings is 2. The molecule has 0 radical (unpaired) electrons. The second-order valence-electron chi connectivity index (χ2n) is 9.45. The molecule has 0 aliphatic carbocycles. The van der Waals surface area contributed by atoms with Crippen molar-refractivity contribution in [2.45, 2.75) is 44.8 Å². The zero-order valence-corrected chi connectivity index (χ0v) is 20.0. The molecule has 176 valence electrons. The van der Waals surface area contributed by atoms with Gasteiger partial charge in [-0.2, -0.15) is 0 Å². The molecule has 0 unspecified atom stereocenters. The fourth-order valence-corrected chi connectivity index (χ4v) is 4.07. The van der Waals surface area contributed by atoms with Crippen LogP contribution in [-0.4, -0.2) is 35.6 Å². The molecule has 2 heterocycles. The van der Waals surface area contributed by atoms with E-state index in [1.54, 1.807) is 12.4 Å². The van der Waals surface area contributed by atoms with E-state index in [-0.39, 0.29) is 0 Å². The highest BCUT2D eigenvalue weighted by Crippen LogP contribution is 2.34. The van der Waals surface area contributed by atoms with Crippen LogP contribution in [0.25, 0.3) is 0 Å². The first-order valence-electron chi connectivity index (χ1n) is 11.6. The largest absolute Gasteiger partial charge is 0.444 e. The van der Waals surface area contributed by atoms with Gasteiger partial charge in [0.25, 0.3) is 0 Å². The van der Waals surface area contributed by atoms with Gasteiger partial charge < -0.3 is 14.8 Å². The highest BCUT2D eigenvalue weighted by atomic mass is 16.6. The molecule has 2 aromatic carbocycles. The van der Waals surface area contributed by atoms with Crippen molar-refractivity contribution in [2.24, 2.45) is 4.99 Å². The molecule has 0 atom stereocenters. The topological polar surface area (TPSA) is 72.8 Å². The van der Waals surface area contributed by atoms with Crippen molar-refractivity contribution < 1.29 is 14.3 Å². The van der Waals surface area contributed by atoms with Gasteiger partial charge >= 0.3 is 6.09 Å². The Bertz CT molecular complexity index is 1090. The van der Waals surface area contributed by atoms with E-state index < -0.39 is 17.2 Å². The predicted octanol–water partition coefficient (Wildman–Crippen LogP) is 5.78. The van der Waals surface area contributed by atoms with Crippen molar-refractivity contribution in [3.8, 4) is 0 Å². The summed E-state index contributed by atoms with van der Waals surface area (Å²) in [5.41, 5.74) is 3.31. The number of carbonyl (C=O) groups excluding carboxylic acids is 1. The highest BCUT2D eigenvalue weighted by Gasteiger charge is 2.38. The van der Waals surface area contributed by atoms with Gasteiger partial charge in [0.05, 0.1) is 23.1 Å². The van der Waals surface area contributed by atoms with E-state index in [1.807, 2.05) is 87.5 Å². The van der Waals surface area contributed by atoms with E-state index in [1.165, 1.54) is 0 Å². The molecule has 1 fully saturated rings. The molecular formula is C28H31N3O3. The standard InChI is InChI=1S/C28H31N3O3/c1-27(2,3)34-26(32)31-28(14-16-33-17-15-28)23-18-24(20-29-19-23)30-25(21-10-6-4-7-11-21)22-12-8-5-9-13-22/h4-13,18-20H,14-17H2,1-3H3,(H,31,32). The van der Waals surface area contributed by atoms with E-state index in [0.717, 1.165) is 28.1 Å². The Hall–Kier alpha value is -3.51. The molecule has 34 heavy (non-hydrogen) atoms. The number of ether oxygens (including phenoxy) is 2. The summed E-state index contributed by atoms with van der Waals surface area (Å²) in [7, 11) is 0. The summed E-state index contributed by atoms with van der Waals surface area (Å²) in [6.45, 7) is 6.66. The lowest BCUT2D eigenvalue weighted by Gasteiger charge is -2.38. The number of rotatable bonds is 5. The SMILES string of the molecule is CC(C)(C)OC(=O)NC1(c2cncc(N=C(c3ccccc3)c3ccccc3)c2)CCOCC1. The van der Waals surface area contributed by atoms with E-state index in [9.17, 15) is 4.79 Å². The number of nitrogens with zero attached hydrogens (tertiary/aromatic N) is 2. The molecule has 1 aromatic heterocycles. The Morgan fingerprint density at radius 2 is 1.56 bits per heavy atom. The number of amides is 1. The smallest absolute Gasteiger partial charge is 0.408 e. The van der Waals surface area contributed by atoms with Crippen molar-refractivity contribution in [1.82, 2.24) is 10.3 Å². The average molecular weight is 458 g/mol. The summed E-state index contributed by atoms with van der Waals surface area (Å²) >= 11 is 0. The van der Waals surface area contributed by atoms with Crippen molar-refractivity contribution >= 4 is 17.5 Å². The molecule has 6 heteroatoms. The molecule has 3 aromatic rings. The fourth-order valence-electron chi connectivity index (χ4n) is 4.07. The molecule has 4 rings (SSSR count). The van der Waals surface area contributed by atoms with Gasteiger partial charge in [0.2, 0.25) is 0 Å². The minimum absolute atomic E-state index is 0.447. The lowest BCUT2D eigenvalue weighted by atomic mass is 9.83. The third-order valence-electron chi connectivity index (χ3n) is 5.70. The average Bonchev–Trinajstić information content (AvgIpc) is 2.83. The van der Waals surface area contributed by atoms with Crippen molar-refractivity contribution in [2.75, 3.05) is 13.2 Å². The number of nitrogens with one attached hydrogen (secondary N) is 1. The van der Waals surface area contributed by atoms with Crippen LogP contribution >= 0.6 is 0 Å². The Morgan fingerprint density at radius 3 is 2.12 bits per heavy atom. The first-order chi connectivity index (χ1) is 16.3. The van der Waals surface area contributed by atoms with Crippen LogP contribution < -0.4 is 5.32 Å². The Morgan fingerprint density at radius 1 is 0.971 bits per heavy atom. The van der Waals surface area contributed by atoms with E-state index in [4.69, 9.17) is 14.5 Å². The van der Waals surface area contributed by atoms with Crippen LogP contribution in [0.5, 0.6) is 0 Å². The normalized spacial score (nSPS) is 15.3. The lowest BCUT2D eigenvalue weighted by Crippen LogP contribution is -2.50. The molecule has 6 nitrogen and oxygen atoms in total. The molecule has 0 saturated carbocycles. The minimum Gasteiger partial charge on any atom is -0.444 e. The van der Waals surface area contributed by atoms with Gasteiger partial charge in [0.1, 0.15) is 5.60 Å². The fraction of sp³-hybridized carbons (Fsp3) is 0.321. The van der Waals surface area contributed by atoms with Crippen LogP contribution in [0.1, 0.15) is 50.3 Å². The second kappa shape index (κ2) is 10.2. The minimum atomic E-state index is -0.626. The second-order valence-corrected chi connectivity index (χ2v) is 9.45. The number of aliphatic imine (C=N–C) groups is 1. The van der Waals surface area contributed by atoms with Crippen LogP contribution in [-0.2, 0) is 15.0 Å². The number of hydrogen-bond donors (Lipinski definition) is 1. The molecule has 0 bridgehead atoms. The number of hydrogen-bond acceptors (Lipinski definition) is 5. The van der Waals surface area contributed by atoms with E-state index in [0.29, 0.717) is 26.1 Å². The summed E-state index contributed by atoms with van der Waals surface area (Å²) < 4.78 is 11.2. The number of aromatic nitrogens is 1. The third kappa shape index (κ3) is 5.88. The summed E-state index contributed by atoms with van der Waals surface area (Å²) in [6, 6.07) is 22.2. The molecule has 1 saturated heterocycles. The zero-order chi connectivity index (χ0) is 24.0. The van der Waals surface area contributed by atoms with Crippen LogP contribution in [0.15, 0.2) is 84.1 Å². The molecule has 1 aliphatic rings. The summed E-state index contributed by atoms with van der Waals surface area (Å²) in [5.74, 6) is 0. The van der Waals surface area contributed by atoms with Gasteiger partial charge in [-0.05, 0) is 45.2 Å². The monoisotopic (exact) mass is 457 g/mol. The van der Waals surface area contributed by atoms with Crippen LogP contribution in [0.4, 0.5) is 10.5 Å². The van der Waals surface area contributed by atoms with Gasteiger partial charge in [0, 0.05) is 30.5 Å². The Balaban J connectivity index is 1.72. The van der Waals surface area contributed by atoms with Crippen LogP contribution in [0.3, 0.4) is 0 Å². The Labute approximate surface area is 201 Å². The summed E-state index contributed by atoms with van der Waals surface area (Å²) in [4.78, 5) is 22.2.